The molecule has 0 aliphatic carbocycles. The number of ether oxygens (including phenoxy) is 1. The number of hydrogen-bond donors (Lipinski definition) is 0. The topological polar surface area (TPSA) is 40.2 Å². The summed E-state index contributed by atoms with van der Waals surface area (Å²) in [5.74, 6) is 0. The normalized spacial score (nSPS) is 12.0. The van der Waals surface area contributed by atoms with E-state index in [2.05, 4.69) is 35.2 Å². The molecular weight excluding hydrogens is 322 g/mol. The van der Waals surface area contributed by atoms with E-state index in [1.807, 2.05) is 6.92 Å². The molecule has 0 spiro atoms. The Hall–Kier alpha value is -0.763. The van der Waals surface area contributed by atoms with E-state index in [1.54, 1.807) is 21.3 Å². The van der Waals surface area contributed by atoms with Gasteiger partial charge >= 0.3 is 8.80 Å². The summed E-state index contributed by atoms with van der Waals surface area (Å²) in [6.07, 6.45) is 2.03. The molecule has 138 valence electrons. The predicted octanol–water partition coefficient (Wildman–Crippen LogP) is 3.18. The Balaban J connectivity index is 2.51. The number of nitrogens with zero attached hydrogens (tertiary/aromatic N) is 1. The van der Waals surface area contributed by atoms with Gasteiger partial charge in [-0.1, -0.05) is 30.3 Å². The van der Waals surface area contributed by atoms with Crippen molar-refractivity contribution in [1.82, 2.24) is 4.90 Å². The maximum absolute atomic E-state index is 5.51. The molecule has 0 aliphatic rings. The highest BCUT2D eigenvalue weighted by molar-refractivity contribution is 6.60. The molecule has 1 aromatic carbocycles. The molecule has 1 rings (SSSR count). The zero-order valence-electron chi connectivity index (χ0n) is 15.6. The third-order valence-corrected chi connectivity index (χ3v) is 6.94. The van der Waals surface area contributed by atoms with Crippen LogP contribution in [0.15, 0.2) is 30.3 Å². The second-order valence-electron chi connectivity index (χ2n) is 5.71. The van der Waals surface area contributed by atoms with Crippen LogP contribution >= 0.6 is 0 Å². The highest BCUT2D eigenvalue weighted by Gasteiger charge is 2.36. The fourth-order valence-electron chi connectivity index (χ4n) is 2.72. The largest absolute Gasteiger partial charge is 0.500 e. The summed E-state index contributed by atoms with van der Waals surface area (Å²) in [5, 5.41) is 0. The van der Waals surface area contributed by atoms with E-state index in [0.29, 0.717) is 0 Å². The summed E-state index contributed by atoms with van der Waals surface area (Å²) in [7, 11) is 2.54. The molecule has 0 N–H and O–H groups in total. The summed E-state index contributed by atoms with van der Waals surface area (Å²) in [4.78, 5) is 2.47. The molecule has 0 aliphatic heterocycles. The monoisotopic (exact) mass is 355 g/mol. The average Bonchev–Trinajstić information content (AvgIpc) is 2.63. The maximum Gasteiger partial charge on any atom is 0.500 e. The Morgan fingerprint density at radius 3 is 2.12 bits per heavy atom. The van der Waals surface area contributed by atoms with E-state index in [9.17, 15) is 0 Å². The summed E-state index contributed by atoms with van der Waals surface area (Å²) < 4.78 is 22.0. The smallest absolute Gasteiger partial charge is 0.382 e. The molecule has 24 heavy (non-hydrogen) atoms. The van der Waals surface area contributed by atoms with Gasteiger partial charge in [-0.05, 0) is 31.9 Å². The minimum Gasteiger partial charge on any atom is -0.382 e. The first kappa shape index (κ1) is 21.3. The van der Waals surface area contributed by atoms with Gasteiger partial charge in [0.15, 0.2) is 0 Å². The van der Waals surface area contributed by atoms with Crippen LogP contribution in [0.3, 0.4) is 0 Å². The van der Waals surface area contributed by atoms with Crippen molar-refractivity contribution in [2.75, 3.05) is 47.6 Å². The van der Waals surface area contributed by atoms with Crippen molar-refractivity contribution in [3.05, 3.63) is 35.9 Å². The molecule has 0 heterocycles. The molecule has 0 saturated heterocycles. The van der Waals surface area contributed by atoms with Crippen LogP contribution in [0.5, 0.6) is 0 Å². The third kappa shape index (κ3) is 7.87. The minimum atomic E-state index is -2.47. The number of hydrogen-bond acceptors (Lipinski definition) is 5. The first-order valence-corrected chi connectivity index (χ1v) is 10.6. The Bertz CT molecular complexity index is 406. The van der Waals surface area contributed by atoms with Crippen LogP contribution in [0.1, 0.15) is 25.3 Å². The molecule has 5 nitrogen and oxygen atoms in total. The van der Waals surface area contributed by atoms with Gasteiger partial charge in [-0.3, -0.25) is 4.90 Å². The predicted molar refractivity (Wildman–Crippen MR) is 99.0 cm³/mol. The lowest BCUT2D eigenvalue weighted by Crippen LogP contribution is -2.43. The van der Waals surface area contributed by atoms with Crippen molar-refractivity contribution in [3.8, 4) is 0 Å². The Labute approximate surface area is 148 Å². The first-order chi connectivity index (χ1) is 11.7. The standard InChI is InChI=1S/C18H33NO4Si/c1-5-23-15-9-13-19(17-18-11-7-6-8-12-18)14-10-16-24(20-2,21-3)22-4/h6-8,11-12H,5,9-10,13-17H2,1-4H3. The van der Waals surface area contributed by atoms with Crippen LogP contribution < -0.4 is 0 Å². The van der Waals surface area contributed by atoms with Crippen molar-refractivity contribution in [2.24, 2.45) is 0 Å². The molecule has 6 heteroatoms. The molecule has 0 aromatic heterocycles. The van der Waals surface area contributed by atoms with Gasteiger partial charge in [0.2, 0.25) is 0 Å². The average molecular weight is 356 g/mol. The van der Waals surface area contributed by atoms with Gasteiger partial charge < -0.3 is 18.0 Å². The van der Waals surface area contributed by atoms with Crippen molar-refractivity contribution in [2.45, 2.75) is 32.4 Å². The van der Waals surface area contributed by atoms with E-state index in [0.717, 1.165) is 51.7 Å². The summed E-state index contributed by atoms with van der Waals surface area (Å²) >= 11 is 0. The van der Waals surface area contributed by atoms with Crippen molar-refractivity contribution >= 4 is 8.80 Å². The summed E-state index contributed by atoms with van der Waals surface area (Å²) in [6.45, 7) is 6.60. The van der Waals surface area contributed by atoms with Gasteiger partial charge in [0.05, 0.1) is 0 Å². The van der Waals surface area contributed by atoms with Gasteiger partial charge in [0, 0.05) is 53.7 Å². The molecule has 0 atom stereocenters. The Morgan fingerprint density at radius 1 is 0.917 bits per heavy atom. The molecule has 0 radical (unpaired) electrons. The minimum absolute atomic E-state index is 0.780. The van der Waals surface area contributed by atoms with Gasteiger partial charge in [-0.15, -0.1) is 0 Å². The molecule has 0 saturated carbocycles. The van der Waals surface area contributed by atoms with Crippen molar-refractivity contribution < 1.29 is 18.0 Å². The van der Waals surface area contributed by atoms with Crippen LogP contribution in [-0.4, -0.2) is 61.3 Å². The fraction of sp³-hybridized carbons (Fsp3) is 0.667. The van der Waals surface area contributed by atoms with Gasteiger partial charge in [-0.25, -0.2) is 0 Å². The van der Waals surface area contributed by atoms with E-state index in [-0.39, 0.29) is 0 Å². The van der Waals surface area contributed by atoms with E-state index < -0.39 is 8.80 Å². The summed E-state index contributed by atoms with van der Waals surface area (Å²) in [5.41, 5.74) is 1.34. The molecule has 0 bridgehead atoms. The van der Waals surface area contributed by atoms with E-state index >= 15 is 0 Å². The highest BCUT2D eigenvalue weighted by Crippen LogP contribution is 2.16. The zero-order chi connectivity index (χ0) is 17.7. The summed E-state index contributed by atoms with van der Waals surface area (Å²) in [6, 6.07) is 11.4. The lowest BCUT2D eigenvalue weighted by molar-refractivity contribution is 0.118. The maximum atomic E-state index is 5.51. The quantitative estimate of drug-likeness (QED) is 0.379. The Kier molecular flexibility index (Phi) is 11.2. The second kappa shape index (κ2) is 12.6. The second-order valence-corrected chi connectivity index (χ2v) is 8.80. The molecule has 0 unspecified atom stereocenters. The van der Waals surface area contributed by atoms with Crippen LogP contribution in [0.4, 0.5) is 0 Å². The van der Waals surface area contributed by atoms with Crippen LogP contribution in [0.25, 0.3) is 0 Å². The van der Waals surface area contributed by atoms with Gasteiger partial charge in [0.25, 0.3) is 0 Å². The van der Waals surface area contributed by atoms with Gasteiger partial charge in [-0.2, -0.15) is 0 Å². The molecule has 0 fully saturated rings. The van der Waals surface area contributed by atoms with Crippen molar-refractivity contribution in [1.29, 1.82) is 0 Å². The van der Waals surface area contributed by atoms with Crippen LogP contribution in [0, 0.1) is 0 Å². The third-order valence-electron chi connectivity index (χ3n) is 4.11. The lowest BCUT2D eigenvalue weighted by atomic mass is 10.2. The molecular formula is C18H33NO4Si. The number of benzene rings is 1. The molecule has 0 amide bonds. The Morgan fingerprint density at radius 2 is 1.54 bits per heavy atom. The SMILES string of the molecule is CCOCCCN(CCC[Si](OC)(OC)OC)Cc1ccccc1. The van der Waals surface area contributed by atoms with Crippen LogP contribution in [0.2, 0.25) is 6.04 Å². The number of rotatable bonds is 14. The van der Waals surface area contributed by atoms with Crippen LogP contribution in [-0.2, 0) is 24.6 Å². The highest BCUT2D eigenvalue weighted by atomic mass is 28.4. The first-order valence-electron chi connectivity index (χ1n) is 8.69. The fourth-order valence-corrected chi connectivity index (χ4v) is 4.42. The lowest BCUT2D eigenvalue weighted by Gasteiger charge is -2.27. The molecule has 1 aromatic rings. The van der Waals surface area contributed by atoms with E-state index in [1.165, 1.54) is 5.56 Å². The van der Waals surface area contributed by atoms with Crippen molar-refractivity contribution in [3.63, 3.8) is 0 Å². The van der Waals surface area contributed by atoms with Gasteiger partial charge in [0.1, 0.15) is 0 Å². The van der Waals surface area contributed by atoms with E-state index in [4.69, 9.17) is 18.0 Å². The zero-order valence-corrected chi connectivity index (χ0v) is 16.6.